The Kier molecular flexibility index (Phi) is 3.36. The van der Waals surface area contributed by atoms with Crippen molar-refractivity contribution >= 4 is 0 Å². The molecule has 0 saturated carbocycles. The topological polar surface area (TPSA) is 40.5 Å². The molecule has 0 aromatic heterocycles. The summed E-state index contributed by atoms with van der Waals surface area (Å²) in [6.07, 6.45) is 0.486. The summed E-state index contributed by atoms with van der Waals surface area (Å²) in [7, 11) is 0. The standard InChI is InChI=1S/C11H12O2/c1-9-8-11(13)6-5-10(9)4-2-3-7-12/h5-6,8,12-13H,3,7H2,1H3. The van der Waals surface area contributed by atoms with Crippen molar-refractivity contribution in [1.29, 1.82) is 0 Å². The van der Waals surface area contributed by atoms with Gasteiger partial charge in [-0.15, -0.1) is 0 Å². The van der Waals surface area contributed by atoms with Gasteiger partial charge in [-0.2, -0.15) is 0 Å². The summed E-state index contributed by atoms with van der Waals surface area (Å²) in [5, 5.41) is 17.6. The normalized spacial score (nSPS) is 9.08. The van der Waals surface area contributed by atoms with Crippen molar-refractivity contribution in [3.8, 4) is 17.6 Å². The molecule has 0 atom stereocenters. The molecule has 0 spiro atoms. The molecule has 0 bridgehead atoms. The minimum Gasteiger partial charge on any atom is -0.508 e. The first-order valence-corrected chi connectivity index (χ1v) is 4.13. The zero-order chi connectivity index (χ0) is 9.68. The molecule has 0 aliphatic rings. The van der Waals surface area contributed by atoms with Crippen LogP contribution in [0, 0.1) is 18.8 Å². The van der Waals surface area contributed by atoms with Crippen molar-refractivity contribution in [3.63, 3.8) is 0 Å². The predicted octanol–water partition coefficient (Wildman–Crippen LogP) is 1.43. The Bertz CT molecular complexity index is 345. The van der Waals surface area contributed by atoms with E-state index in [0.29, 0.717) is 6.42 Å². The number of phenols is 1. The fourth-order valence-corrected chi connectivity index (χ4v) is 1.00. The van der Waals surface area contributed by atoms with Gasteiger partial charge in [0.25, 0.3) is 0 Å². The number of phenolic OH excluding ortho intramolecular Hbond substituents is 1. The van der Waals surface area contributed by atoms with Crippen molar-refractivity contribution < 1.29 is 10.2 Å². The van der Waals surface area contributed by atoms with Crippen LogP contribution >= 0.6 is 0 Å². The zero-order valence-corrected chi connectivity index (χ0v) is 7.54. The van der Waals surface area contributed by atoms with E-state index in [9.17, 15) is 0 Å². The lowest BCUT2D eigenvalue weighted by molar-refractivity contribution is 0.305. The van der Waals surface area contributed by atoms with Crippen LogP contribution in [0.3, 0.4) is 0 Å². The van der Waals surface area contributed by atoms with E-state index in [1.807, 2.05) is 6.92 Å². The minimum atomic E-state index is 0.0874. The van der Waals surface area contributed by atoms with E-state index in [4.69, 9.17) is 10.2 Å². The molecule has 0 heterocycles. The fourth-order valence-electron chi connectivity index (χ4n) is 1.00. The van der Waals surface area contributed by atoms with Crippen LogP contribution < -0.4 is 0 Å². The van der Waals surface area contributed by atoms with E-state index < -0.39 is 0 Å². The lowest BCUT2D eigenvalue weighted by Gasteiger charge is -1.97. The van der Waals surface area contributed by atoms with Gasteiger partial charge in [0.1, 0.15) is 5.75 Å². The number of aromatic hydroxyl groups is 1. The summed E-state index contributed by atoms with van der Waals surface area (Å²) >= 11 is 0. The van der Waals surface area contributed by atoms with E-state index in [-0.39, 0.29) is 12.4 Å². The Morgan fingerprint density at radius 1 is 1.38 bits per heavy atom. The quantitative estimate of drug-likeness (QED) is 0.635. The highest BCUT2D eigenvalue weighted by molar-refractivity contribution is 5.44. The number of aliphatic hydroxyl groups is 1. The Balaban J connectivity index is 2.85. The molecule has 0 radical (unpaired) electrons. The maximum atomic E-state index is 9.12. The van der Waals surface area contributed by atoms with Crippen LogP contribution in [0.5, 0.6) is 5.75 Å². The molecular formula is C11H12O2. The average molecular weight is 176 g/mol. The third kappa shape index (κ3) is 2.81. The third-order valence-corrected chi connectivity index (χ3v) is 1.67. The van der Waals surface area contributed by atoms with Crippen LogP contribution in [0.1, 0.15) is 17.5 Å². The summed E-state index contributed by atoms with van der Waals surface area (Å²) in [6.45, 7) is 1.98. The van der Waals surface area contributed by atoms with Gasteiger partial charge in [0.2, 0.25) is 0 Å². The van der Waals surface area contributed by atoms with E-state index in [1.165, 1.54) is 0 Å². The Labute approximate surface area is 77.8 Å². The summed E-state index contributed by atoms with van der Waals surface area (Å²) in [4.78, 5) is 0. The maximum absolute atomic E-state index is 9.12. The molecular weight excluding hydrogens is 164 g/mol. The number of aliphatic hydroxyl groups excluding tert-OH is 1. The molecule has 1 rings (SSSR count). The van der Waals surface area contributed by atoms with Crippen LogP contribution in [0.4, 0.5) is 0 Å². The molecule has 0 fully saturated rings. The second-order valence-corrected chi connectivity index (χ2v) is 2.77. The summed E-state index contributed by atoms with van der Waals surface area (Å²) in [5.74, 6) is 6.00. The first-order valence-electron chi connectivity index (χ1n) is 4.13. The molecule has 0 aliphatic heterocycles. The Morgan fingerprint density at radius 2 is 2.15 bits per heavy atom. The average Bonchev–Trinajstić information content (AvgIpc) is 2.09. The van der Waals surface area contributed by atoms with Crippen LogP contribution in [0.25, 0.3) is 0 Å². The molecule has 2 nitrogen and oxygen atoms in total. The monoisotopic (exact) mass is 176 g/mol. The van der Waals surface area contributed by atoms with Crippen LogP contribution in [0.2, 0.25) is 0 Å². The second kappa shape index (κ2) is 4.54. The summed E-state index contributed by atoms with van der Waals surface area (Å²) < 4.78 is 0. The van der Waals surface area contributed by atoms with Crippen molar-refractivity contribution in [1.82, 2.24) is 0 Å². The highest BCUT2D eigenvalue weighted by atomic mass is 16.3. The number of hydrogen-bond donors (Lipinski definition) is 2. The molecule has 13 heavy (non-hydrogen) atoms. The van der Waals surface area contributed by atoms with Crippen LogP contribution in [-0.2, 0) is 0 Å². The molecule has 0 aliphatic carbocycles. The first kappa shape index (κ1) is 9.63. The van der Waals surface area contributed by atoms with Gasteiger partial charge < -0.3 is 10.2 Å². The van der Waals surface area contributed by atoms with E-state index >= 15 is 0 Å². The Hall–Kier alpha value is -1.46. The van der Waals surface area contributed by atoms with Gasteiger partial charge in [-0.1, -0.05) is 11.8 Å². The number of hydrogen-bond acceptors (Lipinski definition) is 2. The van der Waals surface area contributed by atoms with Crippen molar-refractivity contribution in [2.75, 3.05) is 6.61 Å². The SMILES string of the molecule is Cc1cc(O)ccc1C#CCCO. The van der Waals surface area contributed by atoms with Gasteiger partial charge in [0.15, 0.2) is 0 Å². The maximum Gasteiger partial charge on any atom is 0.115 e. The number of benzene rings is 1. The zero-order valence-electron chi connectivity index (χ0n) is 7.54. The molecule has 2 heteroatoms. The van der Waals surface area contributed by atoms with Crippen molar-refractivity contribution in [2.45, 2.75) is 13.3 Å². The smallest absolute Gasteiger partial charge is 0.115 e. The Morgan fingerprint density at radius 3 is 2.77 bits per heavy atom. The van der Waals surface area contributed by atoms with Gasteiger partial charge in [0.05, 0.1) is 6.61 Å². The van der Waals surface area contributed by atoms with Gasteiger partial charge in [-0.3, -0.25) is 0 Å². The van der Waals surface area contributed by atoms with Gasteiger partial charge in [-0.05, 0) is 30.7 Å². The molecule has 2 N–H and O–H groups in total. The molecule has 68 valence electrons. The predicted molar refractivity (Wildman–Crippen MR) is 51.4 cm³/mol. The van der Waals surface area contributed by atoms with Crippen molar-refractivity contribution in [3.05, 3.63) is 29.3 Å². The summed E-state index contributed by atoms with van der Waals surface area (Å²) in [6, 6.07) is 5.05. The summed E-state index contributed by atoms with van der Waals surface area (Å²) in [5.41, 5.74) is 1.84. The van der Waals surface area contributed by atoms with Gasteiger partial charge >= 0.3 is 0 Å². The minimum absolute atomic E-state index is 0.0874. The molecule has 0 amide bonds. The molecule has 1 aromatic rings. The van der Waals surface area contributed by atoms with E-state index in [0.717, 1.165) is 11.1 Å². The highest BCUT2D eigenvalue weighted by Crippen LogP contribution is 2.14. The lowest BCUT2D eigenvalue weighted by atomic mass is 10.1. The van der Waals surface area contributed by atoms with E-state index in [1.54, 1.807) is 18.2 Å². The second-order valence-electron chi connectivity index (χ2n) is 2.77. The number of rotatable bonds is 1. The molecule has 0 saturated heterocycles. The van der Waals surface area contributed by atoms with Gasteiger partial charge in [0, 0.05) is 12.0 Å². The third-order valence-electron chi connectivity index (χ3n) is 1.67. The van der Waals surface area contributed by atoms with Crippen molar-refractivity contribution in [2.24, 2.45) is 0 Å². The fraction of sp³-hybridized carbons (Fsp3) is 0.273. The number of aryl methyl sites for hydroxylation is 1. The van der Waals surface area contributed by atoms with E-state index in [2.05, 4.69) is 11.8 Å². The largest absolute Gasteiger partial charge is 0.508 e. The first-order chi connectivity index (χ1) is 6.24. The highest BCUT2D eigenvalue weighted by Gasteiger charge is 1.94. The van der Waals surface area contributed by atoms with Gasteiger partial charge in [-0.25, -0.2) is 0 Å². The molecule has 0 unspecified atom stereocenters. The molecule has 1 aromatic carbocycles. The van der Waals surface area contributed by atoms with Crippen LogP contribution in [0.15, 0.2) is 18.2 Å². The lowest BCUT2D eigenvalue weighted by Crippen LogP contribution is -1.82. The van der Waals surface area contributed by atoms with Crippen LogP contribution in [-0.4, -0.2) is 16.8 Å².